The SMILES string of the molecule is CNCCC(=O)Nc1ccc2nc(C)[nH]c2c1. The van der Waals surface area contributed by atoms with Crippen LogP contribution in [0, 0.1) is 6.92 Å². The standard InChI is InChI=1S/C12H16N4O/c1-8-14-10-4-3-9(7-11(10)15-8)16-12(17)5-6-13-2/h3-4,7,13H,5-6H2,1-2H3,(H,14,15)(H,16,17). The van der Waals surface area contributed by atoms with E-state index < -0.39 is 0 Å². The van der Waals surface area contributed by atoms with Crippen LogP contribution in [-0.2, 0) is 4.79 Å². The Morgan fingerprint density at radius 3 is 3.06 bits per heavy atom. The van der Waals surface area contributed by atoms with E-state index in [4.69, 9.17) is 0 Å². The Balaban J connectivity index is 2.10. The van der Waals surface area contributed by atoms with Crippen molar-refractivity contribution in [1.82, 2.24) is 15.3 Å². The Morgan fingerprint density at radius 2 is 2.29 bits per heavy atom. The summed E-state index contributed by atoms with van der Waals surface area (Å²) in [5.41, 5.74) is 2.65. The third-order valence-electron chi connectivity index (χ3n) is 2.49. The minimum absolute atomic E-state index is 0.00920. The van der Waals surface area contributed by atoms with E-state index in [9.17, 15) is 4.79 Å². The van der Waals surface area contributed by atoms with Crippen molar-refractivity contribution in [3.05, 3.63) is 24.0 Å². The van der Waals surface area contributed by atoms with Gasteiger partial charge in [0.05, 0.1) is 11.0 Å². The zero-order valence-electron chi connectivity index (χ0n) is 10.0. The highest BCUT2D eigenvalue weighted by Gasteiger charge is 2.04. The Kier molecular flexibility index (Phi) is 3.39. The highest BCUT2D eigenvalue weighted by molar-refractivity contribution is 5.93. The molecular weight excluding hydrogens is 216 g/mol. The van der Waals surface area contributed by atoms with Gasteiger partial charge in [-0.3, -0.25) is 4.79 Å². The number of carbonyl (C=O) groups excluding carboxylic acids is 1. The number of nitrogens with zero attached hydrogens (tertiary/aromatic N) is 1. The number of carbonyl (C=O) groups is 1. The predicted molar refractivity (Wildman–Crippen MR) is 68.0 cm³/mol. The molecule has 3 N–H and O–H groups in total. The fourth-order valence-electron chi connectivity index (χ4n) is 1.68. The lowest BCUT2D eigenvalue weighted by atomic mass is 10.2. The van der Waals surface area contributed by atoms with Crippen LogP contribution in [0.4, 0.5) is 5.69 Å². The van der Waals surface area contributed by atoms with Crippen LogP contribution < -0.4 is 10.6 Å². The van der Waals surface area contributed by atoms with E-state index in [2.05, 4.69) is 20.6 Å². The van der Waals surface area contributed by atoms with Crippen LogP contribution in [0.25, 0.3) is 11.0 Å². The number of H-pyrrole nitrogens is 1. The molecule has 17 heavy (non-hydrogen) atoms. The summed E-state index contributed by atoms with van der Waals surface area (Å²) in [6.07, 6.45) is 0.469. The van der Waals surface area contributed by atoms with E-state index in [1.807, 2.05) is 32.2 Å². The maximum absolute atomic E-state index is 11.5. The van der Waals surface area contributed by atoms with Crippen molar-refractivity contribution < 1.29 is 4.79 Å². The molecule has 0 aliphatic heterocycles. The second-order valence-corrected chi connectivity index (χ2v) is 3.96. The van der Waals surface area contributed by atoms with Crippen LogP contribution in [0.1, 0.15) is 12.2 Å². The summed E-state index contributed by atoms with van der Waals surface area (Å²) in [6, 6.07) is 5.65. The molecule has 90 valence electrons. The van der Waals surface area contributed by atoms with Crippen molar-refractivity contribution in [2.45, 2.75) is 13.3 Å². The van der Waals surface area contributed by atoms with Crippen molar-refractivity contribution in [1.29, 1.82) is 0 Å². The summed E-state index contributed by atoms with van der Waals surface area (Å²) in [5.74, 6) is 0.883. The number of nitrogens with one attached hydrogen (secondary N) is 3. The van der Waals surface area contributed by atoms with Gasteiger partial charge in [0.2, 0.25) is 5.91 Å². The smallest absolute Gasteiger partial charge is 0.225 e. The second kappa shape index (κ2) is 4.97. The molecule has 0 aliphatic rings. The van der Waals surface area contributed by atoms with Gasteiger partial charge in [-0.1, -0.05) is 0 Å². The minimum Gasteiger partial charge on any atom is -0.342 e. The first-order valence-electron chi connectivity index (χ1n) is 5.60. The molecule has 0 saturated heterocycles. The number of benzene rings is 1. The van der Waals surface area contributed by atoms with E-state index in [0.29, 0.717) is 13.0 Å². The van der Waals surface area contributed by atoms with Crippen LogP contribution in [-0.4, -0.2) is 29.5 Å². The number of aromatic nitrogens is 2. The number of hydrogen-bond donors (Lipinski definition) is 3. The van der Waals surface area contributed by atoms with Crippen LogP contribution in [0.3, 0.4) is 0 Å². The molecule has 0 radical (unpaired) electrons. The first-order chi connectivity index (χ1) is 8.19. The molecule has 0 fully saturated rings. The Bertz CT molecular complexity index is 532. The number of hydrogen-bond acceptors (Lipinski definition) is 3. The van der Waals surface area contributed by atoms with E-state index >= 15 is 0 Å². The van der Waals surface area contributed by atoms with Crippen molar-refractivity contribution in [2.75, 3.05) is 18.9 Å². The quantitative estimate of drug-likeness (QED) is 0.746. The summed E-state index contributed by atoms with van der Waals surface area (Å²) >= 11 is 0. The van der Waals surface area contributed by atoms with E-state index in [1.165, 1.54) is 0 Å². The van der Waals surface area contributed by atoms with Crippen LogP contribution in [0.5, 0.6) is 0 Å². The monoisotopic (exact) mass is 232 g/mol. The third kappa shape index (κ3) is 2.82. The second-order valence-electron chi connectivity index (χ2n) is 3.96. The molecule has 0 aliphatic carbocycles. The fourth-order valence-corrected chi connectivity index (χ4v) is 1.68. The van der Waals surface area contributed by atoms with Crippen molar-refractivity contribution in [3.63, 3.8) is 0 Å². The molecule has 1 aromatic heterocycles. The molecular formula is C12H16N4O. The third-order valence-corrected chi connectivity index (χ3v) is 2.49. The van der Waals surface area contributed by atoms with Gasteiger partial charge < -0.3 is 15.6 Å². The lowest BCUT2D eigenvalue weighted by Crippen LogP contribution is -2.18. The van der Waals surface area contributed by atoms with Crippen molar-refractivity contribution in [3.8, 4) is 0 Å². The number of imidazole rings is 1. The van der Waals surface area contributed by atoms with Gasteiger partial charge in [0, 0.05) is 18.7 Å². The Morgan fingerprint density at radius 1 is 1.47 bits per heavy atom. The summed E-state index contributed by atoms with van der Waals surface area (Å²) in [4.78, 5) is 19.0. The molecule has 5 nitrogen and oxygen atoms in total. The molecule has 5 heteroatoms. The summed E-state index contributed by atoms with van der Waals surface area (Å²) in [5, 5.41) is 5.79. The Hall–Kier alpha value is -1.88. The largest absolute Gasteiger partial charge is 0.342 e. The predicted octanol–water partition coefficient (Wildman–Crippen LogP) is 1.42. The molecule has 0 bridgehead atoms. The van der Waals surface area contributed by atoms with Gasteiger partial charge in [-0.05, 0) is 32.2 Å². The maximum Gasteiger partial charge on any atom is 0.225 e. The molecule has 0 saturated carbocycles. The zero-order valence-corrected chi connectivity index (χ0v) is 10.0. The molecule has 2 rings (SSSR count). The number of aromatic amines is 1. The first kappa shape index (κ1) is 11.6. The van der Waals surface area contributed by atoms with Gasteiger partial charge in [-0.25, -0.2) is 4.98 Å². The van der Waals surface area contributed by atoms with E-state index in [-0.39, 0.29) is 5.91 Å². The minimum atomic E-state index is 0.00920. The Labute approximate surface area is 99.6 Å². The lowest BCUT2D eigenvalue weighted by molar-refractivity contribution is -0.116. The number of fused-ring (bicyclic) bond motifs is 1. The lowest BCUT2D eigenvalue weighted by Gasteiger charge is -2.04. The number of amides is 1. The van der Waals surface area contributed by atoms with E-state index in [1.54, 1.807) is 0 Å². The topological polar surface area (TPSA) is 69.8 Å². The van der Waals surface area contributed by atoms with Crippen LogP contribution in [0.15, 0.2) is 18.2 Å². The fraction of sp³-hybridized carbons (Fsp3) is 0.333. The number of aryl methyl sites for hydroxylation is 1. The first-order valence-corrected chi connectivity index (χ1v) is 5.60. The molecule has 1 heterocycles. The van der Waals surface area contributed by atoms with Crippen molar-refractivity contribution in [2.24, 2.45) is 0 Å². The molecule has 2 aromatic rings. The number of anilines is 1. The van der Waals surface area contributed by atoms with Crippen molar-refractivity contribution >= 4 is 22.6 Å². The van der Waals surface area contributed by atoms with Gasteiger partial charge >= 0.3 is 0 Å². The molecule has 0 spiro atoms. The van der Waals surface area contributed by atoms with Gasteiger partial charge in [0.25, 0.3) is 0 Å². The molecule has 0 unspecified atom stereocenters. The zero-order chi connectivity index (χ0) is 12.3. The summed E-state index contributed by atoms with van der Waals surface area (Å²) in [6.45, 7) is 2.59. The molecule has 0 atom stereocenters. The summed E-state index contributed by atoms with van der Waals surface area (Å²) < 4.78 is 0. The van der Waals surface area contributed by atoms with Gasteiger partial charge in [0.1, 0.15) is 5.82 Å². The highest BCUT2D eigenvalue weighted by atomic mass is 16.1. The van der Waals surface area contributed by atoms with Gasteiger partial charge in [0.15, 0.2) is 0 Å². The molecule has 1 aromatic carbocycles. The van der Waals surface area contributed by atoms with Gasteiger partial charge in [-0.15, -0.1) is 0 Å². The maximum atomic E-state index is 11.5. The highest BCUT2D eigenvalue weighted by Crippen LogP contribution is 2.17. The van der Waals surface area contributed by atoms with Gasteiger partial charge in [-0.2, -0.15) is 0 Å². The van der Waals surface area contributed by atoms with E-state index in [0.717, 1.165) is 22.5 Å². The van der Waals surface area contributed by atoms with Crippen LogP contribution >= 0.6 is 0 Å². The van der Waals surface area contributed by atoms with Crippen LogP contribution in [0.2, 0.25) is 0 Å². The average molecular weight is 232 g/mol. The summed E-state index contributed by atoms with van der Waals surface area (Å²) in [7, 11) is 1.83. The average Bonchev–Trinajstić information content (AvgIpc) is 2.65. The number of rotatable bonds is 4. The normalized spacial score (nSPS) is 10.7. The molecule has 1 amide bonds.